The second-order valence-electron chi connectivity index (χ2n) is 27.8. The maximum absolute atomic E-state index is 12.6. The van der Waals surface area contributed by atoms with Crippen LogP contribution in [0.4, 0.5) is 0 Å². The smallest absolute Gasteiger partial charge is 0.305 e. The number of allylic oxidation sites excluding steroid dienone is 4. The number of esters is 1. The molecule has 0 aromatic heterocycles. The van der Waals surface area contributed by atoms with Crippen molar-refractivity contribution in [2.24, 2.45) is 0 Å². The van der Waals surface area contributed by atoms with Crippen molar-refractivity contribution in [2.75, 3.05) is 13.2 Å². The standard InChI is InChI=1S/C81H157NO5/c1-3-5-7-9-11-13-15-17-18-19-20-21-35-38-41-44-47-50-53-57-61-65-69-73-79(84)78(77-83)82-80(85)74-70-66-62-58-54-51-48-45-42-39-36-33-31-29-27-25-23-22-24-26-28-30-32-34-37-40-43-46-49-52-56-60-64-68-72-76-87-81(86)75-71-67-63-59-55-16-14-12-10-8-6-4-2/h24,26,30,32,78-79,83-84H,3-23,25,27-29,31,33-77H2,1-2H3,(H,82,85)/b26-24-,32-30-. The van der Waals surface area contributed by atoms with Gasteiger partial charge in [0.05, 0.1) is 25.4 Å². The van der Waals surface area contributed by atoms with E-state index in [2.05, 4.69) is 43.5 Å². The van der Waals surface area contributed by atoms with Crippen LogP contribution in [0.1, 0.15) is 457 Å². The zero-order valence-corrected chi connectivity index (χ0v) is 59.3. The summed E-state index contributed by atoms with van der Waals surface area (Å²) in [4.78, 5) is 24.6. The second kappa shape index (κ2) is 76.8. The van der Waals surface area contributed by atoms with Crippen molar-refractivity contribution in [1.29, 1.82) is 0 Å². The first-order chi connectivity index (χ1) is 43.0. The van der Waals surface area contributed by atoms with Crippen molar-refractivity contribution in [3.8, 4) is 0 Å². The number of aliphatic hydroxyl groups is 2. The molecule has 0 saturated heterocycles. The van der Waals surface area contributed by atoms with E-state index in [9.17, 15) is 19.8 Å². The first kappa shape index (κ1) is 85.3. The van der Waals surface area contributed by atoms with E-state index in [0.29, 0.717) is 25.9 Å². The summed E-state index contributed by atoms with van der Waals surface area (Å²) >= 11 is 0. The summed E-state index contributed by atoms with van der Waals surface area (Å²) in [5.41, 5.74) is 0. The lowest BCUT2D eigenvalue weighted by Crippen LogP contribution is -2.45. The molecule has 0 aromatic carbocycles. The molecule has 516 valence electrons. The van der Waals surface area contributed by atoms with E-state index in [0.717, 1.165) is 44.9 Å². The quantitative estimate of drug-likeness (QED) is 0.0320. The van der Waals surface area contributed by atoms with Gasteiger partial charge in [-0.1, -0.05) is 411 Å². The van der Waals surface area contributed by atoms with Gasteiger partial charge >= 0.3 is 5.97 Å². The van der Waals surface area contributed by atoms with Gasteiger partial charge in [-0.3, -0.25) is 9.59 Å². The fourth-order valence-corrected chi connectivity index (χ4v) is 12.9. The number of unbranched alkanes of at least 4 members (excludes halogenated alkanes) is 61. The van der Waals surface area contributed by atoms with Gasteiger partial charge in [-0.2, -0.15) is 0 Å². The van der Waals surface area contributed by atoms with Crippen LogP contribution in [0.2, 0.25) is 0 Å². The summed E-state index contributed by atoms with van der Waals surface area (Å²) in [5, 5.41) is 23.5. The molecular weight excluding hydrogens is 1070 g/mol. The lowest BCUT2D eigenvalue weighted by molar-refractivity contribution is -0.143. The van der Waals surface area contributed by atoms with Crippen molar-refractivity contribution in [3.05, 3.63) is 24.3 Å². The van der Waals surface area contributed by atoms with Gasteiger partial charge in [0.15, 0.2) is 0 Å². The first-order valence-corrected chi connectivity index (χ1v) is 40.1. The molecule has 3 N–H and O–H groups in total. The SMILES string of the molecule is CCCCCCCCCCCCCCCCCCCCCCCCCC(O)C(CO)NC(=O)CCCCCCCCCCCCCCCCCCC/C=C\C/C=C\CCCCCCCCCCCCCOC(=O)CCCCCCCCCCCCCC. The molecule has 6 nitrogen and oxygen atoms in total. The van der Waals surface area contributed by atoms with Gasteiger partial charge in [-0.05, 0) is 57.8 Å². The summed E-state index contributed by atoms with van der Waals surface area (Å²) < 4.78 is 5.48. The number of carbonyl (C=O) groups excluding carboxylic acids is 2. The van der Waals surface area contributed by atoms with E-state index in [1.54, 1.807) is 0 Å². The molecule has 0 heterocycles. The van der Waals surface area contributed by atoms with E-state index in [1.165, 1.54) is 379 Å². The minimum Gasteiger partial charge on any atom is -0.466 e. The van der Waals surface area contributed by atoms with E-state index in [-0.39, 0.29) is 18.5 Å². The van der Waals surface area contributed by atoms with Crippen LogP contribution in [0.5, 0.6) is 0 Å². The molecule has 6 heteroatoms. The highest BCUT2D eigenvalue weighted by atomic mass is 16.5. The van der Waals surface area contributed by atoms with Crippen LogP contribution in [-0.2, 0) is 14.3 Å². The highest BCUT2D eigenvalue weighted by Gasteiger charge is 2.20. The molecule has 0 fully saturated rings. The van der Waals surface area contributed by atoms with Gasteiger partial charge in [0, 0.05) is 12.8 Å². The average molecular weight is 1230 g/mol. The first-order valence-electron chi connectivity index (χ1n) is 40.1. The Morgan fingerprint density at radius 3 is 0.874 bits per heavy atom. The largest absolute Gasteiger partial charge is 0.466 e. The molecule has 0 aliphatic rings. The van der Waals surface area contributed by atoms with E-state index in [4.69, 9.17) is 4.74 Å². The predicted octanol–water partition coefficient (Wildman–Crippen LogP) is 26.4. The third-order valence-corrected chi connectivity index (χ3v) is 19.0. The Balaban J connectivity index is 3.37. The maximum Gasteiger partial charge on any atom is 0.305 e. The Kier molecular flexibility index (Phi) is 75.3. The Labute approximate surface area is 545 Å². The van der Waals surface area contributed by atoms with Crippen molar-refractivity contribution in [1.82, 2.24) is 5.32 Å². The number of amides is 1. The Morgan fingerprint density at radius 1 is 0.322 bits per heavy atom. The zero-order chi connectivity index (χ0) is 62.8. The molecule has 1 amide bonds. The van der Waals surface area contributed by atoms with Gasteiger partial charge in [-0.25, -0.2) is 0 Å². The minimum atomic E-state index is -0.664. The second-order valence-corrected chi connectivity index (χ2v) is 27.8. The molecule has 0 rings (SSSR count). The molecule has 0 aliphatic heterocycles. The number of rotatable bonds is 76. The molecule has 0 saturated carbocycles. The van der Waals surface area contributed by atoms with Gasteiger partial charge in [0.25, 0.3) is 0 Å². The van der Waals surface area contributed by atoms with Crippen molar-refractivity contribution in [3.63, 3.8) is 0 Å². The molecule has 0 aromatic rings. The number of aliphatic hydroxyl groups excluding tert-OH is 2. The Morgan fingerprint density at radius 2 is 0.575 bits per heavy atom. The molecule has 87 heavy (non-hydrogen) atoms. The van der Waals surface area contributed by atoms with Gasteiger partial charge < -0.3 is 20.3 Å². The predicted molar refractivity (Wildman–Crippen MR) is 384 cm³/mol. The highest BCUT2D eigenvalue weighted by molar-refractivity contribution is 5.76. The minimum absolute atomic E-state index is 0.0184. The van der Waals surface area contributed by atoms with E-state index >= 15 is 0 Å². The number of nitrogens with one attached hydrogen (secondary N) is 1. The summed E-state index contributed by atoms with van der Waals surface area (Å²) in [5.74, 6) is -0.00850. The average Bonchev–Trinajstić information content (AvgIpc) is 3.53. The highest BCUT2D eigenvalue weighted by Crippen LogP contribution is 2.20. The Hall–Kier alpha value is -1.66. The van der Waals surface area contributed by atoms with Crippen LogP contribution in [0.3, 0.4) is 0 Å². The van der Waals surface area contributed by atoms with Gasteiger partial charge in [-0.15, -0.1) is 0 Å². The molecule has 0 radical (unpaired) electrons. The van der Waals surface area contributed by atoms with Crippen LogP contribution in [0.15, 0.2) is 24.3 Å². The van der Waals surface area contributed by atoms with Crippen LogP contribution in [0.25, 0.3) is 0 Å². The van der Waals surface area contributed by atoms with E-state index < -0.39 is 12.1 Å². The molecule has 0 spiro atoms. The fourth-order valence-electron chi connectivity index (χ4n) is 12.9. The lowest BCUT2D eigenvalue weighted by atomic mass is 10.0. The van der Waals surface area contributed by atoms with Crippen molar-refractivity contribution >= 4 is 11.9 Å². The summed E-state index contributed by atoms with van der Waals surface area (Å²) in [6.45, 7) is 5.00. The molecule has 0 bridgehead atoms. The zero-order valence-electron chi connectivity index (χ0n) is 59.3. The number of hydrogen-bond donors (Lipinski definition) is 3. The molecule has 2 unspecified atom stereocenters. The third-order valence-electron chi connectivity index (χ3n) is 19.0. The van der Waals surface area contributed by atoms with E-state index in [1.807, 2.05) is 0 Å². The topological polar surface area (TPSA) is 95.9 Å². The summed E-state index contributed by atoms with van der Waals surface area (Å²) in [6.07, 6.45) is 98.5. The normalized spacial score (nSPS) is 12.6. The van der Waals surface area contributed by atoms with Gasteiger partial charge in [0.1, 0.15) is 0 Å². The monoisotopic (exact) mass is 1220 g/mol. The fraction of sp³-hybridized carbons (Fsp3) is 0.926. The summed E-state index contributed by atoms with van der Waals surface area (Å²) in [6, 6.07) is -0.541. The van der Waals surface area contributed by atoms with Crippen LogP contribution >= 0.6 is 0 Å². The molecule has 2 atom stereocenters. The number of hydrogen-bond acceptors (Lipinski definition) is 5. The molecular formula is C81H157NO5. The summed E-state index contributed by atoms with van der Waals surface area (Å²) in [7, 11) is 0. The van der Waals surface area contributed by atoms with Crippen LogP contribution < -0.4 is 5.32 Å². The lowest BCUT2D eigenvalue weighted by Gasteiger charge is -2.22. The van der Waals surface area contributed by atoms with Crippen LogP contribution in [-0.4, -0.2) is 47.4 Å². The van der Waals surface area contributed by atoms with Gasteiger partial charge in [0.2, 0.25) is 5.91 Å². The van der Waals surface area contributed by atoms with Crippen molar-refractivity contribution < 1.29 is 24.5 Å². The van der Waals surface area contributed by atoms with Crippen molar-refractivity contribution in [2.45, 2.75) is 469 Å². The maximum atomic E-state index is 12.6. The third kappa shape index (κ3) is 73.3. The number of carbonyl (C=O) groups is 2. The van der Waals surface area contributed by atoms with Crippen LogP contribution in [0, 0.1) is 0 Å². The number of ether oxygens (including phenoxy) is 1. The molecule has 0 aliphatic carbocycles. The Bertz CT molecular complexity index is 1360.